The summed E-state index contributed by atoms with van der Waals surface area (Å²) in [5.74, 6) is 0. The molecule has 6 heavy (non-hydrogen) atoms. The Bertz CT molecular complexity index is 69.2. The summed E-state index contributed by atoms with van der Waals surface area (Å²) in [6.07, 6.45) is -0.125. The van der Waals surface area contributed by atoms with E-state index in [2.05, 4.69) is 5.43 Å². The van der Waals surface area contributed by atoms with Gasteiger partial charge >= 0.3 is 6.41 Å². The molecule has 0 spiro atoms. The van der Waals surface area contributed by atoms with E-state index in [-0.39, 0.29) is 6.41 Å². The van der Waals surface area contributed by atoms with Crippen molar-refractivity contribution in [3.05, 3.63) is 10.1 Å². The molecule has 5 nitrogen and oxygen atoms in total. The van der Waals surface area contributed by atoms with Crippen LogP contribution in [0.4, 0.5) is 0 Å². The lowest BCUT2D eigenvalue weighted by Gasteiger charge is -1.69. The predicted molar refractivity (Wildman–Crippen MR) is 15.2 cm³/mol. The molecule has 0 bridgehead atoms. The number of rotatable bonds is 2. The number of carbonyl (C=O) groups is 1. The van der Waals surface area contributed by atoms with E-state index in [1.165, 1.54) is 0 Å². The van der Waals surface area contributed by atoms with Gasteiger partial charge in [0.1, 0.15) is 0 Å². The van der Waals surface area contributed by atoms with Gasteiger partial charge in [0.2, 0.25) is 0 Å². The van der Waals surface area contributed by atoms with E-state index in [1.807, 2.05) is 0 Å². The number of carbonyl (C=O) groups excluding carboxylic acids is 1. The molecule has 5 heteroatoms. The minimum absolute atomic E-state index is 0.125. The Kier molecular flexibility index (Phi) is 1.73. The minimum Gasteiger partial charge on any atom is -0.270 e. The molecule has 33 valence electrons. The van der Waals surface area contributed by atoms with Gasteiger partial charge in [0.05, 0.1) is 5.43 Å². The predicted octanol–water partition coefficient (Wildman–Crippen LogP) is -1.06. The van der Waals surface area contributed by atoms with Gasteiger partial charge in [-0.25, -0.2) is 10.1 Å². The third-order valence-corrected chi connectivity index (χ3v) is 0.141. The average molecular weight is 89.0 g/mol. The Morgan fingerprint density at radius 1 is 1.83 bits per heavy atom. The second kappa shape index (κ2) is 2.13. The summed E-state index contributed by atoms with van der Waals surface area (Å²) in [5, 5.41) is 7.94. The summed E-state index contributed by atoms with van der Waals surface area (Å²) < 4.78 is 0. The summed E-state index contributed by atoms with van der Waals surface area (Å²) >= 11 is 0. The monoisotopic (exact) mass is 89.0 g/mol. The molecule has 0 atom stereocenters. The van der Waals surface area contributed by atoms with Crippen LogP contribution in [0, 0.1) is 10.1 Å². The molecule has 0 fully saturated rings. The molecule has 0 aromatic heterocycles. The molecule has 0 heterocycles. The zero-order valence-electron chi connectivity index (χ0n) is 2.70. The van der Waals surface area contributed by atoms with Gasteiger partial charge in [-0.1, -0.05) is 0 Å². The number of nitro groups is 1. The standard InChI is InChI=1S/CHN2O3/c4-1-2-3(5)6/h1H. The number of amides is 1. The fourth-order valence-electron chi connectivity index (χ4n) is 0.0385. The quantitative estimate of drug-likeness (QED) is 0.246. The fourth-order valence-corrected chi connectivity index (χ4v) is 0.0385. The summed E-state index contributed by atoms with van der Waals surface area (Å²) in [5.41, 5.74) is 2.17. The molecule has 0 unspecified atom stereocenters. The third kappa shape index (κ3) is 2.87. The van der Waals surface area contributed by atoms with E-state index in [9.17, 15) is 0 Å². The van der Waals surface area contributed by atoms with Crippen LogP contribution in [-0.2, 0) is 4.79 Å². The molecule has 1 amide bonds. The van der Waals surface area contributed by atoms with E-state index in [0.717, 1.165) is 0 Å². The lowest BCUT2D eigenvalue weighted by molar-refractivity contribution is -0.532. The van der Waals surface area contributed by atoms with Crippen molar-refractivity contribution >= 4 is 6.41 Å². The SMILES string of the molecule is O=C[N][N+](=O)[O-]. The van der Waals surface area contributed by atoms with Gasteiger partial charge in [-0.2, -0.15) is 0 Å². The van der Waals surface area contributed by atoms with Crippen LogP contribution in [0.2, 0.25) is 0 Å². The van der Waals surface area contributed by atoms with Crippen LogP contribution in [-0.4, -0.2) is 11.4 Å². The summed E-state index contributed by atoms with van der Waals surface area (Å²) in [6, 6.07) is 0. The molecular formula is CHN2O3. The molecule has 1 radical (unpaired) electrons. The maximum Gasteiger partial charge on any atom is 0.303 e. The van der Waals surface area contributed by atoms with Crippen molar-refractivity contribution in [2.75, 3.05) is 0 Å². The topological polar surface area (TPSA) is 74.3 Å². The first-order valence-electron chi connectivity index (χ1n) is 1.06. The second-order valence-corrected chi connectivity index (χ2v) is 0.459. The van der Waals surface area contributed by atoms with Crippen molar-refractivity contribution in [2.24, 2.45) is 0 Å². The van der Waals surface area contributed by atoms with Crippen LogP contribution < -0.4 is 5.43 Å². The van der Waals surface area contributed by atoms with E-state index >= 15 is 0 Å². The Morgan fingerprint density at radius 2 is 2.33 bits per heavy atom. The molecule has 0 rings (SSSR count). The van der Waals surface area contributed by atoms with Gasteiger partial charge < -0.3 is 0 Å². The van der Waals surface area contributed by atoms with Crippen molar-refractivity contribution in [1.29, 1.82) is 0 Å². The molecule has 0 N–H and O–H groups in total. The summed E-state index contributed by atoms with van der Waals surface area (Å²) in [6.45, 7) is 0. The smallest absolute Gasteiger partial charge is 0.270 e. The Morgan fingerprint density at radius 3 is 2.33 bits per heavy atom. The zero-order chi connectivity index (χ0) is 4.99. The van der Waals surface area contributed by atoms with E-state index in [4.69, 9.17) is 14.9 Å². The first kappa shape index (κ1) is 4.87. The molecule has 0 aromatic carbocycles. The highest BCUT2D eigenvalue weighted by atomic mass is 16.7. The van der Waals surface area contributed by atoms with Crippen LogP contribution in [0.1, 0.15) is 0 Å². The molecule has 0 aliphatic carbocycles. The van der Waals surface area contributed by atoms with Crippen molar-refractivity contribution in [2.45, 2.75) is 0 Å². The van der Waals surface area contributed by atoms with Gasteiger partial charge in [0.15, 0.2) is 5.03 Å². The van der Waals surface area contributed by atoms with Gasteiger partial charge in [-0.05, 0) is 0 Å². The summed E-state index contributed by atoms with van der Waals surface area (Å²) in [4.78, 5) is 18.0. The highest BCUT2D eigenvalue weighted by Crippen LogP contribution is 1.48. The molecule has 0 saturated heterocycles. The lowest BCUT2D eigenvalue weighted by Crippen LogP contribution is -2.09. The Labute approximate surface area is 33.1 Å². The maximum atomic E-state index is 9.01. The van der Waals surface area contributed by atoms with Crippen molar-refractivity contribution in [3.8, 4) is 0 Å². The second-order valence-electron chi connectivity index (χ2n) is 0.459. The fraction of sp³-hybridized carbons (Fsp3) is 0. The largest absolute Gasteiger partial charge is 0.303 e. The molecule has 0 saturated carbocycles. The molecule has 0 aromatic rings. The zero-order valence-corrected chi connectivity index (χ0v) is 2.70. The summed E-state index contributed by atoms with van der Waals surface area (Å²) in [7, 11) is 0. The molecular weight excluding hydrogens is 88.0 g/mol. The van der Waals surface area contributed by atoms with Crippen LogP contribution in [0.15, 0.2) is 0 Å². The van der Waals surface area contributed by atoms with E-state index in [1.54, 1.807) is 0 Å². The van der Waals surface area contributed by atoms with Crippen LogP contribution >= 0.6 is 0 Å². The van der Waals surface area contributed by atoms with Gasteiger partial charge in [0.25, 0.3) is 0 Å². The van der Waals surface area contributed by atoms with Gasteiger partial charge in [-0.3, -0.25) is 4.79 Å². The average Bonchev–Trinajstić information content (AvgIpc) is 1.35. The normalized spacial score (nSPS) is 6.67. The first-order valence-corrected chi connectivity index (χ1v) is 1.06. The molecule has 0 aliphatic rings. The third-order valence-electron chi connectivity index (χ3n) is 0.141. The van der Waals surface area contributed by atoms with Crippen molar-refractivity contribution in [1.82, 2.24) is 5.43 Å². The minimum atomic E-state index is -1.06. The van der Waals surface area contributed by atoms with Crippen LogP contribution in [0.3, 0.4) is 0 Å². The van der Waals surface area contributed by atoms with E-state index < -0.39 is 5.03 Å². The number of hydrogen-bond acceptors (Lipinski definition) is 3. The van der Waals surface area contributed by atoms with Gasteiger partial charge in [0, 0.05) is 0 Å². The molecule has 0 aliphatic heterocycles. The van der Waals surface area contributed by atoms with Crippen LogP contribution in [0.5, 0.6) is 0 Å². The van der Waals surface area contributed by atoms with Crippen molar-refractivity contribution < 1.29 is 9.83 Å². The van der Waals surface area contributed by atoms with E-state index in [0.29, 0.717) is 0 Å². The lowest BCUT2D eigenvalue weighted by atomic mass is 11.4. The number of hydrogen-bond donors (Lipinski definition) is 0. The van der Waals surface area contributed by atoms with Gasteiger partial charge in [-0.15, -0.1) is 0 Å². The first-order chi connectivity index (χ1) is 2.77. The Hall–Kier alpha value is -1.13. The van der Waals surface area contributed by atoms with Crippen molar-refractivity contribution in [3.63, 3.8) is 0 Å². The highest BCUT2D eigenvalue weighted by molar-refractivity contribution is 5.43. The van der Waals surface area contributed by atoms with Crippen LogP contribution in [0.25, 0.3) is 0 Å². The number of nitrogens with zero attached hydrogens (tertiary/aromatic N) is 2. The highest BCUT2D eigenvalue weighted by Gasteiger charge is 1.88. The Balaban J connectivity index is 3.05. The maximum absolute atomic E-state index is 9.01.